The number of methoxy groups -OCH3 is 1. The van der Waals surface area contributed by atoms with Crippen LogP contribution < -0.4 is 5.32 Å². The molecule has 1 N–H and O–H groups in total. The Kier molecular flexibility index (Phi) is 4.19. The molecule has 16 heavy (non-hydrogen) atoms. The van der Waals surface area contributed by atoms with Crippen LogP contribution in [-0.4, -0.2) is 51.2 Å². The smallest absolute Gasteiger partial charge is 0.0951 e. The van der Waals surface area contributed by atoms with Crippen molar-refractivity contribution in [2.45, 2.75) is 43.9 Å². The Bertz CT molecular complexity index is 216. The van der Waals surface area contributed by atoms with Crippen LogP contribution in [0.5, 0.6) is 0 Å². The van der Waals surface area contributed by atoms with E-state index in [0.29, 0.717) is 12.1 Å². The van der Waals surface area contributed by atoms with E-state index in [1.165, 1.54) is 0 Å². The highest BCUT2D eigenvalue weighted by Crippen LogP contribution is 2.32. The van der Waals surface area contributed by atoms with Crippen molar-refractivity contribution in [3.8, 4) is 0 Å². The highest BCUT2D eigenvalue weighted by Gasteiger charge is 2.41. The average Bonchev–Trinajstić information content (AvgIpc) is 2.66. The van der Waals surface area contributed by atoms with Gasteiger partial charge in [-0.15, -0.1) is 0 Å². The van der Waals surface area contributed by atoms with Crippen LogP contribution in [0.4, 0.5) is 0 Å². The molecule has 2 aliphatic rings. The van der Waals surface area contributed by atoms with Crippen molar-refractivity contribution in [2.75, 3.05) is 33.5 Å². The van der Waals surface area contributed by atoms with Crippen LogP contribution in [-0.2, 0) is 14.2 Å². The molecule has 0 aliphatic carbocycles. The molecule has 0 aromatic rings. The van der Waals surface area contributed by atoms with Crippen molar-refractivity contribution in [2.24, 2.45) is 0 Å². The monoisotopic (exact) mass is 229 g/mol. The number of nitrogens with one attached hydrogen (secondary N) is 1. The minimum atomic E-state index is 0.00269. The number of ether oxygens (including phenoxy) is 3. The summed E-state index contributed by atoms with van der Waals surface area (Å²) in [5.41, 5.74) is 0.00269. The predicted octanol–water partition coefficient (Wildman–Crippen LogP) is 0.949. The molecule has 3 unspecified atom stereocenters. The second-order valence-corrected chi connectivity index (χ2v) is 5.05. The highest BCUT2D eigenvalue weighted by atomic mass is 16.6. The first-order valence-electron chi connectivity index (χ1n) is 6.21. The van der Waals surface area contributed by atoms with Gasteiger partial charge in [0.15, 0.2) is 0 Å². The molecule has 2 saturated heterocycles. The zero-order valence-electron chi connectivity index (χ0n) is 10.3. The Hall–Kier alpha value is -0.160. The Labute approximate surface area is 97.6 Å². The van der Waals surface area contributed by atoms with Gasteiger partial charge in [-0.1, -0.05) is 0 Å². The summed E-state index contributed by atoms with van der Waals surface area (Å²) in [6.07, 6.45) is 3.21. The summed E-state index contributed by atoms with van der Waals surface area (Å²) in [6, 6.07) is 0.952. The summed E-state index contributed by atoms with van der Waals surface area (Å²) in [7, 11) is 1.74. The largest absolute Gasteiger partial charge is 0.383 e. The van der Waals surface area contributed by atoms with E-state index in [1.807, 2.05) is 0 Å². The number of hydrogen-bond acceptors (Lipinski definition) is 4. The fourth-order valence-electron chi connectivity index (χ4n) is 2.73. The average molecular weight is 229 g/mol. The molecule has 0 radical (unpaired) electrons. The Balaban J connectivity index is 1.82. The fraction of sp³-hybridized carbons (Fsp3) is 1.00. The summed E-state index contributed by atoms with van der Waals surface area (Å²) in [5, 5.41) is 3.61. The molecule has 2 aliphatic heterocycles. The first-order chi connectivity index (χ1) is 7.74. The highest BCUT2D eigenvalue weighted by molar-refractivity contribution is 4.93. The third-order valence-corrected chi connectivity index (χ3v) is 3.50. The molecule has 0 saturated carbocycles. The lowest BCUT2D eigenvalue weighted by molar-refractivity contribution is -0.0907. The van der Waals surface area contributed by atoms with Gasteiger partial charge in [0.2, 0.25) is 0 Å². The lowest BCUT2D eigenvalue weighted by Gasteiger charge is -2.38. The maximum atomic E-state index is 5.90. The van der Waals surface area contributed by atoms with Gasteiger partial charge in [-0.3, -0.25) is 0 Å². The van der Waals surface area contributed by atoms with Gasteiger partial charge in [-0.25, -0.2) is 0 Å². The van der Waals surface area contributed by atoms with Crippen LogP contribution in [0.15, 0.2) is 0 Å². The van der Waals surface area contributed by atoms with Crippen molar-refractivity contribution >= 4 is 0 Å². The van der Waals surface area contributed by atoms with Gasteiger partial charge in [0.1, 0.15) is 0 Å². The summed E-state index contributed by atoms with van der Waals surface area (Å²) >= 11 is 0. The van der Waals surface area contributed by atoms with Gasteiger partial charge in [0.25, 0.3) is 0 Å². The van der Waals surface area contributed by atoms with E-state index >= 15 is 0 Å². The Morgan fingerprint density at radius 1 is 1.50 bits per heavy atom. The minimum absolute atomic E-state index is 0.00269. The number of hydrogen-bond donors (Lipinski definition) is 1. The van der Waals surface area contributed by atoms with E-state index in [0.717, 1.165) is 45.7 Å². The molecule has 0 bridgehead atoms. The van der Waals surface area contributed by atoms with Gasteiger partial charge in [0, 0.05) is 38.8 Å². The van der Waals surface area contributed by atoms with Crippen molar-refractivity contribution in [1.29, 1.82) is 0 Å². The lowest BCUT2D eigenvalue weighted by atomic mass is 9.89. The van der Waals surface area contributed by atoms with Crippen LogP contribution in [0.1, 0.15) is 26.2 Å². The standard InChI is InChI=1S/C12H23NO3/c1-10(8-14-2)13-11-3-5-16-12(7-11)4-6-15-9-12/h10-11,13H,3-9H2,1-2H3. The van der Waals surface area contributed by atoms with E-state index in [2.05, 4.69) is 12.2 Å². The summed E-state index contributed by atoms with van der Waals surface area (Å²) in [6.45, 7) is 5.39. The quantitative estimate of drug-likeness (QED) is 0.779. The minimum Gasteiger partial charge on any atom is -0.383 e. The molecular formula is C12H23NO3. The molecular weight excluding hydrogens is 206 g/mol. The van der Waals surface area contributed by atoms with Gasteiger partial charge < -0.3 is 19.5 Å². The van der Waals surface area contributed by atoms with E-state index in [1.54, 1.807) is 7.11 Å². The van der Waals surface area contributed by atoms with E-state index in [4.69, 9.17) is 14.2 Å². The zero-order valence-corrected chi connectivity index (χ0v) is 10.3. The summed E-state index contributed by atoms with van der Waals surface area (Å²) in [4.78, 5) is 0. The molecule has 2 fully saturated rings. The van der Waals surface area contributed by atoms with E-state index in [9.17, 15) is 0 Å². The molecule has 2 rings (SSSR count). The van der Waals surface area contributed by atoms with E-state index < -0.39 is 0 Å². The molecule has 1 spiro atoms. The molecule has 4 heteroatoms. The molecule has 0 amide bonds. The molecule has 0 aromatic heterocycles. The molecule has 4 nitrogen and oxygen atoms in total. The van der Waals surface area contributed by atoms with Crippen LogP contribution in [0.2, 0.25) is 0 Å². The van der Waals surface area contributed by atoms with Gasteiger partial charge in [-0.2, -0.15) is 0 Å². The molecule has 0 aromatic carbocycles. The molecule has 3 atom stereocenters. The third kappa shape index (κ3) is 2.94. The Morgan fingerprint density at radius 3 is 3.06 bits per heavy atom. The molecule has 2 heterocycles. The van der Waals surface area contributed by atoms with Gasteiger partial charge in [-0.05, 0) is 19.8 Å². The van der Waals surface area contributed by atoms with Crippen LogP contribution >= 0.6 is 0 Å². The summed E-state index contributed by atoms with van der Waals surface area (Å²) in [5.74, 6) is 0. The Morgan fingerprint density at radius 2 is 2.38 bits per heavy atom. The number of rotatable bonds is 4. The first-order valence-corrected chi connectivity index (χ1v) is 6.21. The second kappa shape index (κ2) is 5.45. The van der Waals surface area contributed by atoms with Crippen molar-refractivity contribution in [3.05, 3.63) is 0 Å². The van der Waals surface area contributed by atoms with Crippen LogP contribution in [0.3, 0.4) is 0 Å². The predicted molar refractivity (Wildman–Crippen MR) is 61.6 cm³/mol. The first kappa shape index (κ1) is 12.3. The maximum Gasteiger partial charge on any atom is 0.0951 e. The lowest BCUT2D eigenvalue weighted by Crippen LogP contribution is -2.50. The normalized spacial score (nSPS) is 36.8. The zero-order chi connectivity index (χ0) is 11.4. The van der Waals surface area contributed by atoms with Gasteiger partial charge in [0.05, 0.1) is 18.8 Å². The van der Waals surface area contributed by atoms with Crippen LogP contribution in [0.25, 0.3) is 0 Å². The molecule has 94 valence electrons. The van der Waals surface area contributed by atoms with Gasteiger partial charge >= 0.3 is 0 Å². The third-order valence-electron chi connectivity index (χ3n) is 3.50. The topological polar surface area (TPSA) is 39.7 Å². The SMILES string of the molecule is COCC(C)NC1CCOC2(CCOC2)C1. The van der Waals surface area contributed by atoms with Crippen molar-refractivity contribution < 1.29 is 14.2 Å². The van der Waals surface area contributed by atoms with Crippen molar-refractivity contribution in [1.82, 2.24) is 5.32 Å². The fourth-order valence-corrected chi connectivity index (χ4v) is 2.73. The van der Waals surface area contributed by atoms with Crippen molar-refractivity contribution in [3.63, 3.8) is 0 Å². The van der Waals surface area contributed by atoms with Crippen LogP contribution in [0, 0.1) is 0 Å². The second-order valence-electron chi connectivity index (χ2n) is 5.05. The summed E-state index contributed by atoms with van der Waals surface area (Å²) < 4.78 is 16.5. The maximum absolute atomic E-state index is 5.90. The van der Waals surface area contributed by atoms with E-state index in [-0.39, 0.29) is 5.60 Å².